The van der Waals surface area contributed by atoms with Crippen LogP contribution in [0.4, 0.5) is 5.82 Å². The molecule has 1 aromatic heterocycles. The first-order valence-electron chi connectivity index (χ1n) is 6.23. The van der Waals surface area contributed by atoms with Gasteiger partial charge in [0.2, 0.25) is 0 Å². The number of anilines is 1. The molecule has 2 rings (SSSR count). The third-order valence-electron chi connectivity index (χ3n) is 2.74. The van der Waals surface area contributed by atoms with Gasteiger partial charge in [-0.25, -0.2) is 8.42 Å². The molecule has 0 aliphatic carbocycles. The Labute approximate surface area is 127 Å². The number of aromatic amines is 1. The number of nitrogens with one attached hydrogen (secondary N) is 2. The van der Waals surface area contributed by atoms with E-state index in [9.17, 15) is 8.42 Å². The highest BCUT2D eigenvalue weighted by Gasteiger charge is 2.19. The van der Waals surface area contributed by atoms with Gasteiger partial charge in [-0.3, -0.25) is 9.82 Å². The van der Waals surface area contributed by atoms with Gasteiger partial charge in [0.15, 0.2) is 5.82 Å². The van der Waals surface area contributed by atoms with E-state index >= 15 is 0 Å². The van der Waals surface area contributed by atoms with Crippen molar-refractivity contribution in [1.82, 2.24) is 10.2 Å². The van der Waals surface area contributed by atoms with E-state index in [1.807, 2.05) is 13.0 Å². The van der Waals surface area contributed by atoms with Crippen LogP contribution in [-0.2, 0) is 16.4 Å². The van der Waals surface area contributed by atoms with Crippen molar-refractivity contribution in [2.45, 2.75) is 24.7 Å². The predicted molar refractivity (Wildman–Crippen MR) is 79.6 cm³/mol. The van der Waals surface area contributed by atoms with E-state index in [1.165, 1.54) is 18.2 Å². The van der Waals surface area contributed by atoms with Gasteiger partial charge < -0.3 is 0 Å². The summed E-state index contributed by atoms with van der Waals surface area (Å²) < 4.78 is 26.9. The third kappa shape index (κ3) is 3.54. The molecular formula is C13H13ClN4O2S. The lowest BCUT2D eigenvalue weighted by Gasteiger charge is -2.07. The van der Waals surface area contributed by atoms with Gasteiger partial charge in [0, 0.05) is 11.8 Å². The maximum atomic E-state index is 12.3. The molecule has 0 bridgehead atoms. The quantitative estimate of drug-likeness (QED) is 0.883. The molecule has 2 N–H and O–H groups in total. The van der Waals surface area contributed by atoms with Crippen molar-refractivity contribution >= 4 is 27.4 Å². The van der Waals surface area contributed by atoms with Crippen LogP contribution in [-0.4, -0.2) is 18.6 Å². The van der Waals surface area contributed by atoms with E-state index in [-0.39, 0.29) is 15.7 Å². The highest BCUT2D eigenvalue weighted by atomic mass is 35.5. The second-order valence-electron chi connectivity index (χ2n) is 4.39. The lowest BCUT2D eigenvalue weighted by Crippen LogP contribution is -2.13. The van der Waals surface area contributed by atoms with E-state index in [1.54, 1.807) is 6.07 Å². The zero-order chi connectivity index (χ0) is 15.5. The molecule has 0 aliphatic heterocycles. The van der Waals surface area contributed by atoms with Gasteiger partial charge in [-0.1, -0.05) is 24.9 Å². The number of benzene rings is 1. The van der Waals surface area contributed by atoms with Crippen LogP contribution in [0.1, 0.15) is 24.6 Å². The van der Waals surface area contributed by atoms with E-state index < -0.39 is 10.0 Å². The van der Waals surface area contributed by atoms with Crippen molar-refractivity contribution in [2.24, 2.45) is 0 Å². The molecule has 8 heteroatoms. The molecule has 110 valence electrons. The molecule has 21 heavy (non-hydrogen) atoms. The lowest BCUT2D eigenvalue weighted by molar-refractivity contribution is 0.601. The monoisotopic (exact) mass is 324 g/mol. The molecule has 0 unspecified atom stereocenters. The van der Waals surface area contributed by atoms with E-state index in [4.69, 9.17) is 16.9 Å². The molecule has 0 saturated heterocycles. The molecule has 0 radical (unpaired) electrons. The number of aryl methyl sites for hydroxylation is 1. The molecule has 0 saturated carbocycles. The van der Waals surface area contributed by atoms with Crippen LogP contribution >= 0.6 is 11.6 Å². The molecular weight excluding hydrogens is 312 g/mol. The minimum absolute atomic E-state index is 0.00846. The molecule has 0 atom stereocenters. The highest BCUT2D eigenvalue weighted by Crippen LogP contribution is 2.24. The molecule has 1 heterocycles. The average molecular weight is 325 g/mol. The molecule has 0 aliphatic rings. The van der Waals surface area contributed by atoms with Gasteiger partial charge in [0.05, 0.1) is 16.7 Å². The predicted octanol–water partition coefficient (Wildman–Crippen LogP) is 2.69. The van der Waals surface area contributed by atoms with Crippen molar-refractivity contribution in [2.75, 3.05) is 4.72 Å². The normalized spacial score (nSPS) is 11.1. The second kappa shape index (κ2) is 6.16. The van der Waals surface area contributed by atoms with Crippen molar-refractivity contribution in [3.63, 3.8) is 0 Å². The molecule has 1 aromatic carbocycles. The Balaban J connectivity index is 2.27. The van der Waals surface area contributed by atoms with Gasteiger partial charge in [-0.05, 0) is 24.6 Å². The molecule has 2 aromatic rings. The maximum absolute atomic E-state index is 12.3. The minimum atomic E-state index is -3.84. The Hall–Kier alpha value is -2.04. The average Bonchev–Trinajstić information content (AvgIpc) is 2.85. The number of hydrogen-bond acceptors (Lipinski definition) is 4. The van der Waals surface area contributed by atoms with E-state index in [0.717, 1.165) is 18.5 Å². The Morgan fingerprint density at radius 3 is 2.81 bits per heavy atom. The number of halogens is 1. The summed E-state index contributed by atoms with van der Waals surface area (Å²) in [5, 5.41) is 15.4. The Morgan fingerprint density at radius 1 is 1.43 bits per heavy atom. The van der Waals surface area contributed by atoms with Crippen LogP contribution in [0, 0.1) is 11.3 Å². The smallest absolute Gasteiger partial charge is 0.264 e. The van der Waals surface area contributed by atoms with Crippen molar-refractivity contribution in [1.29, 1.82) is 5.26 Å². The van der Waals surface area contributed by atoms with Crippen LogP contribution in [0.2, 0.25) is 5.02 Å². The van der Waals surface area contributed by atoms with Gasteiger partial charge in [-0.15, -0.1) is 0 Å². The van der Waals surface area contributed by atoms with Gasteiger partial charge in [0.1, 0.15) is 4.90 Å². The number of aromatic nitrogens is 2. The van der Waals surface area contributed by atoms with Crippen molar-refractivity contribution < 1.29 is 8.42 Å². The van der Waals surface area contributed by atoms with Crippen molar-refractivity contribution in [3.05, 3.63) is 40.5 Å². The molecule has 0 fully saturated rings. The zero-order valence-electron chi connectivity index (χ0n) is 11.2. The number of nitrogens with zero attached hydrogens (tertiary/aromatic N) is 2. The number of sulfonamides is 1. The highest BCUT2D eigenvalue weighted by molar-refractivity contribution is 7.92. The Kier molecular flexibility index (Phi) is 4.50. The fourth-order valence-electron chi connectivity index (χ4n) is 1.79. The van der Waals surface area contributed by atoms with Crippen LogP contribution < -0.4 is 4.72 Å². The van der Waals surface area contributed by atoms with Crippen LogP contribution in [0.5, 0.6) is 0 Å². The fourth-order valence-corrected chi connectivity index (χ4v) is 3.33. The number of H-pyrrole nitrogens is 1. The maximum Gasteiger partial charge on any atom is 0.264 e. The van der Waals surface area contributed by atoms with Crippen LogP contribution in [0.3, 0.4) is 0 Å². The van der Waals surface area contributed by atoms with Crippen molar-refractivity contribution in [3.8, 4) is 6.07 Å². The summed E-state index contributed by atoms with van der Waals surface area (Å²) in [4.78, 5) is -0.0943. The van der Waals surface area contributed by atoms with E-state index in [0.29, 0.717) is 5.56 Å². The first-order valence-corrected chi connectivity index (χ1v) is 8.09. The van der Waals surface area contributed by atoms with Crippen LogP contribution in [0.15, 0.2) is 29.2 Å². The summed E-state index contributed by atoms with van der Waals surface area (Å²) in [7, 11) is -3.84. The summed E-state index contributed by atoms with van der Waals surface area (Å²) in [6.07, 6.45) is 1.71. The van der Waals surface area contributed by atoms with Gasteiger partial charge >= 0.3 is 0 Å². The summed E-state index contributed by atoms with van der Waals surface area (Å²) in [5.41, 5.74) is 1.14. The van der Waals surface area contributed by atoms with E-state index in [2.05, 4.69) is 14.9 Å². The third-order valence-corrected chi connectivity index (χ3v) is 4.58. The molecule has 0 spiro atoms. The second-order valence-corrected chi connectivity index (χ2v) is 6.45. The topological polar surface area (TPSA) is 98.6 Å². The summed E-state index contributed by atoms with van der Waals surface area (Å²) >= 11 is 5.92. The number of hydrogen-bond donors (Lipinski definition) is 2. The van der Waals surface area contributed by atoms with Gasteiger partial charge in [-0.2, -0.15) is 10.4 Å². The van der Waals surface area contributed by atoms with Crippen LogP contribution in [0.25, 0.3) is 0 Å². The summed E-state index contributed by atoms with van der Waals surface area (Å²) in [5.74, 6) is 0.207. The summed E-state index contributed by atoms with van der Waals surface area (Å²) in [6, 6.07) is 7.53. The molecule has 6 nitrogen and oxygen atoms in total. The SMILES string of the molecule is CCCc1cc(NS(=O)(=O)c2ccc(C#N)cc2Cl)n[nH]1. The number of nitriles is 1. The molecule has 0 amide bonds. The zero-order valence-corrected chi connectivity index (χ0v) is 12.8. The largest absolute Gasteiger partial charge is 0.280 e. The first-order chi connectivity index (χ1) is 9.96. The standard InChI is InChI=1S/C13H13ClN4O2S/c1-2-3-10-7-13(17-16-10)18-21(19,20)12-5-4-9(8-15)6-11(12)14/h4-7H,2-3H2,1H3,(H2,16,17,18). The Bertz CT molecular complexity index is 793. The summed E-state index contributed by atoms with van der Waals surface area (Å²) in [6.45, 7) is 2.02. The number of rotatable bonds is 5. The fraction of sp³-hybridized carbons (Fsp3) is 0.231. The van der Waals surface area contributed by atoms with Gasteiger partial charge in [0.25, 0.3) is 10.0 Å². The minimum Gasteiger partial charge on any atom is -0.280 e. The lowest BCUT2D eigenvalue weighted by atomic mass is 10.2. The first kappa shape index (κ1) is 15.4. The Morgan fingerprint density at radius 2 is 2.19 bits per heavy atom.